The summed E-state index contributed by atoms with van der Waals surface area (Å²) < 4.78 is 1.74. The van der Waals surface area contributed by atoms with E-state index in [2.05, 4.69) is 52.4 Å². The fourth-order valence-electron chi connectivity index (χ4n) is 2.36. The van der Waals surface area contributed by atoms with Gasteiger partial charge in [0.15, 0.2) is 0 Å². The fraction of sp³-hybridized carbons (Fsp3) is 0.267. The molecule has 0 radical (unpaired) electrons. The van der Waals surface area contributed by atoms with Crippen molar-refractivity contribution >= 4 is 17.3 Å². The van der Waals surface area contributed by atoms with Crippen molar-refractivity contribution in [3.05, 3.63) is 46.9 Å². The largest absolute Gasteiger partial charge is 0.340 e. The molecule has 5 nitrogen and oxygen atoms in total. The van der Waals surface area contributed by atoms with E-state index < -0.39 is 0 Å². The van der Waals surface area contributed by atoms with Crippen LogP contribution in [0.4, 0.5) is 11.5 Å². The van der Waals surface area contributed by atoms with Crippen LogP contribution >= 0.6 is 0 Å². The minimum absolute atomic E-state index is 0.611. The van der Waals surface area contributed by atoms with Gasteiger partial charge in [-0.25, -0.2) is 4.98 Å². The summed E-state index contributed by atoms with van der Waals surface area (Å²) in [5.74, 6) is 1.52. The van der Waals surface area contributed by atoms with Gasteiger partial charge >= 0.3 is 0 Å². The van der Waals surface area contributed by atoms with Gasteiger partial charge in [-0.2, -0.15) is 14.6 Å². The second kappa shape index (κ2) is 4.59. The number of hydrogen-bond acceptors (Lipinski definition) is 4. The first-order chi connectivity index (χ1) is 9.54. The van der Waals surface area contributed by atoms with Gasteiger partial charge in [0.05, 0.1) is 0 Å². The molecule has 0 aliphatic rings. The van der Waals surface area contributed by atoms with Crippen molar-refractivity contribution in [2.24, 2.45) is 0 Å². The summed E-state index contributed by atoms with van der Waals surface area (Å²) in [6.45, 7) is 8.20. The van der Waals surface area contributed by atoms with E-state index in [1.54, 1.807) is 4.52 Å². The summed E-state index contributed by atoms with van der Waals surface area (Å²) in [7, 11) is 0. The molecule has 2 aromatic heterocycles. The molecule has 0 aliphatic carbocycles. The molecule has 0 unspecified atom stereocenters. The third-order valence-electron chi connectivity index (χ3n) is 3.39. The maximum Gasteiger partial charge on any atom is 0.254 e. The highest BCUT2D eigenvalue weighted by molar-refractivity contribution is 5.63. The Morgan fingerprint density at radius 3 is 2.40 bits per heavy atom. The summed E-state index contributed by atoms with van der Waals surface area (Å²) in [4.78, 5) is 8.58. The second-order valence-electron chi connectivity index (χ2n) is 5.14. The Kier molecular flexibility index (Phi) is 2.89. The van der Waals surface area contributed by atoms with E-state index in [9.17, 15) is 0 Å². The fourth-order valence-corrected chi connectivity index (χ4v) is 2.36. The predicted molar refractivity (Wildman–Crippen MR) is 79.5 cm³/mol. The lowest BCUT2D eigenvalue weighted by Crippen LogP contribution is -2.06. The topological polar surface area (TPSA) is 55.1 Å². The van der Waals surface area contributed by atoms with E-state index in [0.717, 1.165) is 22.8 Å². The Bertz CT molecular complexity index is 768. The molecule has 0 amide bonds. The molecule has 1 aromatic carbocycles. The van der Waals surface area contributed by atoms with Crippen molar-refractivity contribution in [3.63, 3.8) is 0 Å². The zero-order chi connectivity index (χ0) is 14.3. The van der Waals surface area contributed by atoms with Crippen molar-refractivity contribution in [2.75, 3.05) is 5.32 Å². The van der Waals surface area contributed by atoms with Gasteiger partial charge < -0.3 is 5.32 Å². The quantitative estimate of drug-likeness (QED) is 0.775. The van der Waals surface area contributed by atoms with Gasteiger partial charge in [-0.1, -0.05) is 6.07 Å². The number of benzene rings is 1. The van der Waals surface area contributed by atoms with E-state index in [4.69, 9.17) is 0 Å². The van der Waals surface area contributed by atoms with Crippen LogP contribution in [-0.4, -0.2) is 19.6 Å². The van der Waals surface area contributed by atoms with Gasteiger partial charge in [-0.3, -0.25) is 0 Å². The summed E-state index contributed by atoms with van der Waals surface area (Å²) in [6, 6.07) is 6.39. The van der Waals surface area contributed by atoms with Crippen LogP contribution in [0.5, 0.6) is 0 Å². The lowest BCUT2D eigenvalue weighted by Gasteiger charge is -2.13. The van der Waals surface area contributed by atoms with Crippen molar-refractivity contribution in [1.29, 1.82) is 0 Å². The summed E-state index contributed by atoms with van der Waals surface area (Å²) in [5, 5.41) is 7.69. The number of anilines is 2. The molecule has 0 spiro atoms. The Balaban J connectivity index is 2.14. The molecular formula is C15H17N5. The number of nitrogens with zero attached hydrogens (tertiary/aromatic N) is 4. The first-order valence-corrected chi connectivity index (χ1v) is 6.57. The number of aromatic nitrogens is 4. The Morgan fingerprint density at radius 2 is 1.70 bits per heavy atom. The van der Waals surface area contributed by atoms with Gasteiger partial charge in [0.25, 0.3) is 5.78 Å². The molecule has 2 heterocycles. The van der Waals surface area contributed by atoms with Crippen LogP contribution in [0, 0.1) is 27.7 Å². The maximum absolute atomic E-state index is 4.42. The molecule has 0 saturated heterocycles. The smallest absolute Gasteiger partial charge is 0.254 e. The standard InChI is InChI=1S/C15H17N5/c1-9-5-10(2)7-13(6-9)19-14-11(3)12(4)18-15-16-8-17-20(14)15/h5-8,19H,1-4H3. The molecule has 0 saturated carbocycles. The summed E-state index contributed by atoms with van der Waals surface area (Å²) in [6.07, 6.45) is 1.52. The number of rotatable bonds is 2. The van der Waals surface area contributed by atoms with Crippen molar-refractivity contribution < 1.29 is 0 Å². The van der Waals surface area contributed by atoms with Gasteiger partial charge in [-0.05, 0) is 51.0 Å². The zero-order valence-electron chi connectivity index (χ0n) is 12.1. The second-order valence-corrected chi connectivity index (χ2v) is 5.14. The van der Waals surface area contributed by atoms with Gasteiger partial charge in [-0.15, -0.1) is 0 Å². The van der Waals surface area contributed by atoms with Gasteiger partial charge in [0.1, 0.15) is 12.1 Å². The number of aryl methyl sites for hydroxylation is 3. The van der Waals surface area contributed by atoms with E-state index in [-0.39, 0.29) is 0 Å². The van der Waals surface area contributed by atoms with E-state index in [1.165, 1.54) is 17.5 Å². The number of hydrogen-bond donors (Lipinski definition) is 1. The SMILES string of the molecule is Cc1cc(C)cc(Nc2c(C)c(C)nc3ncnn23)c1. The molecule has 0 fully saturated rings. The zero-order valence-corrected chi connectivity index (χ0v) is 12.1. The van der Waals surface area contributed by atoms with E-state index >= 15 is 0 Å². The van der Waals surface area contributed by atoms with Crippen LogP contribution < -0.4 is 5.32 Å². The van der Waals surface area contributed by atoms with Crippen molar-refractivity contribution in [2.45, 2.75) is 27.7 Å². The minimum Gasteiger partial charge on any atom is -0.340 e. The Morgan fingerprint density at radius 1 is 1.00 bits per heavy atom. The highest BCUT2D eigenvalue weighted by atomic mass is 15.4. The molecule has 1 N–H and O–H groups in total. The monoisotopic (exact) mass is 267 g/mol. The summed E-state index contributed by atoms with van der Waals surface area (Å²) in [5.41, 5.74) is 5.53. The first kappa shape index (κ1) is 12.6. The Hall–Kier alpha value is -2.43. The summed E-state index contributed by atoms with van der Waals surface area (Å²) >= 11 is 0. The normalized spacial score (nSPS) is 11.0. The Labute approximate surface area is 117 Å². The molecular weight excluding hydrogens is 250 g/mol. The van der Waals surface area contributed by atoms with Crippen LogP contribution in [0.3, 0.4) is 0 Å². The molecule has 20 heavy (non-hydrogen) atoms. The predicted octanol–water partition coefficient (Wildman–Crippen LogP) is 3.10. The number of fused-ring (bicyclic) bond motifs is 1. The lowest BCUT2D eigenvalue weighted by atomic mass is 10.1. The molecule has 3 rings (SSSR count). The number of nitrogens with one attached hydrogen (secondary N) is 1. The maximum atomic E-state index is 4.42. The van der Waals surface area contributed by atoms with Crippen LogP contribution in [0.25, 0.3) is 5.78 Å². The van der Waals surface area contributed by atoms with Crippen LogP contribution in [-0.2, 0) is 0 Å². The third kappa shape index (κ3) is 2.11. The van der Waals surface area contributed by atoms with E-state index in [0.29, 0.717) is 5.78 Å². The molecule has 0 atom stereocenters. The first-order valence-electron chi connectivity index (χ1n) is 6.57. The minimum atomic E-state index is 0.611. The lowest BCUT2D eigenvalue weighted by molar-refractivity contribution is 0.923. The van der Waals surface area contributed by atoms with E-state index in [1.807, 2.05) is 13.8 Å². The van der Waals surface area contributed by atoms with Crippen LogP contribution in [0.1, 0.15) is 22.4 Å². The third-order valence-corrected chi connectivity index (χ3v) is 3.39. The van der Waals surface area contributed by atoms with Gasteiger partial charge in [0, 0.05) is 16.9 Å². The highest BCUT2D eigenvalue weighted by Crippen LogP contribution is 2.23. The average molecular weight is 267 g/mol. The molecule has 102 valence electrons. The van der Waals surface area contributed by atoms with Crippen LogP contribution in [0.15, 0.2) is 24.5 Å². The van der Waals surface area contributed by atoms with Crippen molar-refractivity contribution in [3.8, 4) is 0 Å². The van der Waals surface area contributed by atoms with Crippen LogP contribution in [0.2, 0.25) is 0 Å². The molecule has 5 heteroatoms. The van der Waals surface area contributed by atoms with Crippen molar-refractivity contribution in [1.82, 2.24) is 19.6 Å². The average Bonchev–Trinajstić information content (AvgIpc) is 2.81. The molecule has 3 aromatic rings. The highest BCUT2D eigenvalue weighted by Gasteiger charge is 2.11. The van der Waals surface area contributed by atoms with Gasteiger partial charge in [0.2, 0.25) is 0 Å². The molecule has 0 bridgehead atoms. The molecule has 0 aliphatic heterocycles.